The van der Waals surface area contributed by atoms with Gasteiger partial charge in [-0.15, -0.1) is 0 Å². The molecule has 0 atom stereocenters. The molecule has 1 aliphatic carbocycles. The molecule has 1 saturated carbocycles. The van der Waals surface area contributed by atoms with Crippen LogP contribution in [0.5, 0.6) is 0 Å². The zero-order valence-electron chi connectivity index (χ0n) is 10.2. The van der Waals surface area contributed by atoms with E-state index < -0.39 is 17.5 Å². The quantitative estimate of drug-likeness (QED) is 0.844. The summed E-state index contributed by atoms with van der Waals surface area (Å²) in [6.45, 7) is 4.24. The van der Waals surface area contributed by atoms with Gasteiger partial charge in [0.25, 0.3) is 0 Å². The van der Waals surface area contributed by atoms with Gasteiger partial charge >= 0.3 is 5.97 Å². The van der Waals surface area contributed by atoms with Crippen LogP contribution < -0.4 is 0 Å². The van der Waals surface area contributed by atoms with Crippen LogP contribution in [0.4, 0.5) is 0 Å². The van der Waals surface area contributed by atoms with Gasteiger partial charge in [-0.1, -0.05) is 38.1 Å². The van der Waals surface area contributed by atoms with Crippen molar-refractivity contribution in [1.82, 2.24) is 0 Å². The van der Waals surface area contributed by atoms with Crippen molar-refractivity contribution in [2.24, 2.45) is 5.92 Å². The van der Waals surface area contributed by atoms with Gasteiger partial charge in [-0.3, -0.25) is 4.79 Å². The molecule has 2 rings (SSSR count). The minimum atomic E-state index is -0.932. The Morgan fingerprint density at radius 1 is 1.29 bits per heavy atom. The number of benzene rings is 1. The van der Waals surface area contributed by atoms with Gasteiger partial charge in [0.15, 0.2) is 0 Å². The molecule has 0 radical (unpaired) electrons. The third-order valence-corrected chi connectivity index (χ3v) is 3.63. The van der Waals surface area contributed by atoms with E-state index in [1.807, 2.05) is 24.3 Å². The van der Waals surface area contributed by atoms with Crippen LogP contribution in [0.3, 0.4) is 0 Å². The molecule has 1 aliphatic rings. The van der Waals surface area contributed by atoms with Crippen molar-refractivity contribution in [2.45, 2.75) is 38.2 Å². The van der Waals surface area contributed by atoms with Crippen molar-refractivity contribution in [3.05, 3.63) is 35.4 Å². The summed E-state index contributed by atoms with van der Waals surface area (Å²) in [5.74, 6) is -0.745. The Kier molecular flexibility index (Phi) is 2.96. The Morgan fingerprint density at radius 3 is 2.24 bits per heavy atom. The Morgan fingerprint density at radius 2 is 1.82 bits per heavy atom. The Bertz CT molecular complexity index is 414. The molecule has 1 fully saturated rings. The minimum Gasteiger partial charge on any atom is -0.481 e. The van der Waals surface area contributed by atoms with Gasteiger partial charge in [0.2, 0.25) is 0 Å². The monoisotopic (exact) mass is 234 g/mol. The number of hydrogen-bond acceptors (Lipinski definition) is 2. The largest absolute Gasteiger partial charge is 0.481 e. The van der Waals surface area contributed by atoms with Gasteiger partial charge in [-0.2, -0.15) is 0 Å². The van der Waals surface area contributed by atoms with E-state index in [2.05, 4.69) is 13.8 Å². The second-order valence-electron chi connectivity index (χ2n) is 5.25. The molecule has 1 aromatic rings. The second-order valence-corrected chi connectivity index (χ2v) is 5.25. The lowest BCUT2D eigenvalue weighted by atomic mass is 9.67. The van der Waals surface area contributed by atoms with Crippen molar-refractivity contribution in [3.63, 3.8) is 0 Å². The summed E-state index contributed by atoms with van der Waals surface area (Å²) in [7, 11) is 0. The summed E-state index contributed by atoms with van der Waals surface area (Å²) in [5.41, 5.74) is 1.13. The highest BCUT2D eigenvalue weighted by atomic mass is 16.4. The maximum Gasteiger partial charge on any atom is 0.306 e. The molecule has 0 amide bonds. The first-order valence-electron chi connectivity index (χ1n) is 5.98. The summed E-state index contributed by atoms with van der Waals surface area (Å²) in [4.78, 5) is 10.7. The summed E-state index contributed by atoms with van der Waals surface area (Å²) in [6, 6.07) is 7.83. The molecule has 0 unspecified atom stereocenters. The van der Waals surface area contributed by atoms with E-state index >= 15 is 0 Å². The molecule has 0 aromatic heterocycles. The molecule has 17 heavy (non-hydrogen) atoms. The van der Waals surface area contributed by atoms with Crippen molar-refractivity contribution < 1.29 is 15.0 Å². The first-order chi connectivity index (χ1) is 7.92. The van der Waals surface area contributed by atoms with E-state index in [-0.39, 0.29) is 0 Å². The zero-order valence-corrected chi connectivity index (χ0v) is 10.2. The van der Waals surface area contributed by atoms with Gasteiger partial charge in [0.05, 0.1) is 11.5 Å². The Balaban J connectivity index is 2.11. The summed E-state index contributed by atoms with van der Waals surface area (Å²) >= 11 is 0. The second kappa shape index (κ2) is 4.15. The molecular formula is C14H18O3. The number of aliphatic carboxylic acids is 1. The van der Waals surface area contributed by atoms with Gasteiger partial charge in [0.1, 0.15) is 0 Å². The first kappa shape index (κ1) is 12.1. The topological polar surface area (TPSA) is 57.5 Å². The van der Waals surface area contributed by atoms with E-state index in [0.29, 0.717) is 18.8 Å². The van der Waals surface area contributed by atoms with Crippen molar-refractivity contribution >= 4 is 5.97 Å². The summed E-state index contributed by atoms with van der Waals surface area (Å²) < 4.78 is 0. The van der Waals surface area contributed by atoms with E-state index in [4.69, 9.17) is 5.11 Å². The van der Waals surface area contributed by atoms with Gasteiger partial charge in [0, 0.05) is 0 Å². The molecule has 3 heteroatoms. The lowest BCUT2D eigenvalue weighted by molar-refractivity contribution is -0.159. The van der Waals surface area contributed by atoms with Crippen LogP contribution >= 0.6 is 0 Å². The molecule has 3 nitrogen and oxygen atoms in total. The molecular weight excluding hydrogens is 216 g/mol. The molecule has 92 valence electrons. The van der Waals surface area contributed by atoms with Crippen LogP contribution in [0.25, 0.3) is 0 Å². The predicted octanol–water partition coefficient (Wildman–Crippen LogP) is 2.49. The van der Waals surface area contributed by atoms with Gasteiger partial charge in [-0.25, -0.2) is 0 Å². The number of carboxylic acids is 1. The van der Waals surface area contributed by atoms with Crippen LogP contribution in [-0.4, -0.2) is 16.2 Å². The molecule has 1 aromatic carbocycles. The molecule has 0 bridgehead atoms. The standard InChI is InChI=1S/C14H18O3/c1-9(2)10-3-5-12(6-4-10)14(17)7-11(8-14)13(15)16/h3-6,9,11,17H,7-8H2,1-2H3,(H,15,16). The molecule has 0 spiro atoms. The lowest BCUT2D eigenvalue weighted by Gasteiger charge is -2.42. The van der Waals surface area contributed by atoms with Crippen molar-refractivity contribution in [2.75, 3.05) is 0 Å². The highest BCUT2D eigenvalue weighted by Crippen LogP contribution is 2.45. The van der Waals surface area contributed by atoms with Crippen LogP contribution in [-0.2, 0) is 10.4 Å². The molecule has 0 aliphatic heterocycles. The minimum absolute atomic E-state index is 0.323. The first-order valence-corrected chi connectivity index (χ1v) is 5.98. The molecule has 0 heterocycles. The van der Waals surface area contributed by atoms with E-state index in [0.717, 1.165) is 5.56 Å². The fourth-order valence-electron chi connectivity index (χ4n) is 2.34. The highest BCUT2D eigenvalue weighted by Gasteiger charge is 2.47. The summed E-state index contributed by atoms with van der Waals surface area (Å²) in [5, 5.41) is 19.1. The number of rotatable bonds is 3. The Hall–Kier alpha value is -1.35. The maximum atomic E-state index is 10.7. The van der Waals surface area contributed by atoms with E-state index in [9.17, 15) is 9.90 Å². The maximum absolute atomic E-state index is 10.7. The normalized spacial score (nSPS) is 27.9. The predicted molar refractivity (Wildman–Crippen MR) is 64.8 cm³/mol. The van der Waals surface area contributed by atoms with E-state index in [1.54, 1.807) is 0 Å². The smallest absolute Gasteiger partial charge is 0.306 e. The lowest BCUT2D eigenvalue weighted by Crippen LogP contribution is -2.44. The summed E-state index contributed by atoms with van der Waals surface area (Å²) in [6.07, 6.45) is 0.646. The number of aliphatic hydroxyl groups is 1. The number of carboxylic acid groups (broad SMARTS) is 1. The molecule has 0 saturated heterocycles. The van der Waals surface area contributed by atoms with Crippen LogP contribution in [0, 0.1) is 5.92 Å². The van der Waals surface area contributed by atoms with Crippen molar-refractivity contribution in [3.8, 4) is 0 Å². The Labute approximate surface area is 101 Å². The van der Waals surface area contributed by atoms with E-state index in [1.165, 1.54) is 5.56 Å². The van der Waals surface area contributed by atoms with Crippen LogP contribution in [0.15, 0.2) is 24.3 Å². The SMILES string of the molecule is CC(C)c1ccc(C2(O)CC(C(=O)O)C2)cc1. The highest BCUT2D eigenvalue weighted by molar-refractivity contribution is 5.71. The third kappa shape index (κ3) is 2.20. The number of hydrogen-bond donors (Lipinski definition) is 2. The number of carbonyl (C=O) groups is 1. The molecule has 2 N–H and O–H groups in total. The average Bonchev–Trinajstić information content (AvgIpc) is 2.24. The van der Waals surface area contributed by atoms with Crippen LogP contribution in [0.2, 0.25) is 0 Å². The van der Waals surface area contributed by atoms with Crippen molar-refractivity contribution in [1.29, 1.82) is 0 Å². The van der Waals surface area contributed by atoms with Gasteiger partial charge < -0.3 is 10.2 Å². The van der Waals surface area contributed by atoms with Crippen LogP contribution in [0.1, 0.15) is 43.7 Å². The zero-order chi connectivity index (χ0) is 12.6. The van der Waals surface area contributed by atoms with Gasteiger partial charge in [-0.05, 0) is 29.9 Å². The third-order valence-electron chi connectivity index (χ3n) is 3.63. The fourth-order valence-corrected chi connectivity index (χ4v) is 2.34. The fraction of sp³-hybridized carbons (Fsp3) is 0.500. The average molecular weight is 234 g/mol.